The van der Waals surface area contributed by atoms with Crippen LogP contribution in [0.1, 0.15) is 36.8 Å². The van der Waals surface area contributed by atoms with Crippen LogP contribution < -0.4 is 0 Å². The molecule has 2 aliphatic rings. The highest BCUT2D eigenvalue weighted by Gasteiger charge is 2.55. The average Bonchev–Trinajstić information content (AvgIpc) is 2.93. The van der Waals surface area contributed by atoms with Crippen molar-refractivity contribution in [3.8, 4) is 0 Å². The summed E-state index contributed by atoms with van der Waals surface area (Å²) in [6.45, 7) is 2.00. The highest BCUT2D eigenvalue weighted by Crippen LogP contribution is 2.57. The molecule has 0 spiro atoms. The zero-order valence-corrected chi connectivity index (χ0v) is 11.9. The monoisotopic (exact) mass is 278 g/mol. The van der Waals surface area contributed by atoms with Crippen LogP contribution in [0.2, 0.25) is 5.02 Å². The number of carbonyl (C=O) groups is 1. The second-order valence-electron chi connectivity index (χ2n) is 6.31. The Hall–Kier alpha value is -1.02. The molecule has 0 aliphatic heterocycles. The maximum absolute atomic E-state index is 11.9. The molecular formula is C16H19ClO2. The first-order valence-corrected chi connectivity index (χ1v) is 7.37. The average molecular weight is 279 g/mol. The third-order valence-corrected chi connectivity index (χ3v) is 5.47. The number of aryl methyl sites for hydroxylation is 1. The highest BCUT2D eigenvalue weighted by atomic mass is 35.5. The SMILES string of the molecule is Cc1ccc(CC2(C(=O)O)CC3CCC2C3)c(Cl)c1. The molecule has 1 N–H and O–H groups in total. The Bertz CT molecular complexity index is 525. The van der Waals surface area contributed by atoms with Crippen LogP contribution in [0, 0.1) is 24.2 Å². The van der Waals surface area contributed by atoms with E-state index in [4.69, 9.17) is 11.6 Å². The lowest BCUT2D eigenvalue weighted by molar-refractivity contribution is -0.152. The van der Waals surface area contributed by atoms with E-state index in [1.54, 1.807) is 0 Å². The third-order valence-electron chi connectivity index (χ3n) is 5.12. The summed E-state index contributed by atoms with van der Waals surface area (Å²) in [7, 11) is 0. The second-order valence-corrected chi connectivity index (χ2v) is 6.72. The van der Waals surface area contributed by atoms with E-state index >= 15 is 0 Å². The van der Waals surface area contributed by atoms with Crippen molar-refractivity contribution in [3.05, 3.63) is 34.3 Å². The molecule has 3 unspecified atom stereocenters. The number of rotatable bonds is 3. The highest BCUT2D eigenvalue weighted by molar-refractivity contribution is 6.31. The fraction of sp³-hybridized carbons (Fsp3) is 0.562. The van der Waals surface area contributed by atoms with Crippen molar-refractivity contribution in [1.29, 1.82) is 0 Å². The van der Waals surface area contributed by atoms with Crippen molar-refractivity contribution in [2.24, 2.45) is 17.3 Å². The number of carboxylic acids is 1. The quantitative estimate of drug-likeness (QED) is 0.904. The van der Waals surface area contributed by atoms with E-state index in [0.29, 0.717) is 23.3 Å². The zero-order valence-electron chi connectivity index (χ0n) is 11.2. The zero-order chi connectivity index (χ0) is 13.6. The van der Waals surface area contributed by atoms with Crippen LogP contribution in [0.25, 0.3) is 0 Å². The number of fused-ring (bicyclic) bond motifs is 2. The Labute approximate surface area is 118 Å². The van der Waals surface area contributed by atoms with Gasteiger partial charge in [-0.1, -0.05) is 30.2 Å². The van der Waals surface area contributed by atoms with Gasteiger partial charge >= 0.3 is 5.97 Å². The largest absolute Gasteiger partial charge is 0.481 e. The number of carboxylic acid groups (broad SMARTS) is 1. The molecule has 0 saturated heterocycles. The summed E-state index contributed by atoms with van der Waals surface area (Å²) in [5.74, 6) is 0.328. The molecule has 0 radical (unpaired) electrons. The summed E-state index contributed by atoms with van der Waals surface area (Å²) in [5.41, 5.74) is 1.54. The van der Waals surface area contributed by atoms with Gasteiger partial charge in [0.2, 0.25) is 0 Å². The summed E-state index contributed by atoms with van der Waals surface area (Å²) in [6, 6.07) is 5.94. The minimum Gasteiger partial charge on any atom is -0.481 e. The van der Waals surface area contributed by atoms with E-state index in [1.807, 2.05) is 25.1 Å². The van der Waals surface area contributed by atoms with Crippen molar-refractivity contribution in [3.63, 3.8) is 0 Å². The number of hydrogen-bond donors (Lipinski definition) is 1. The van der Waals surface area contributed by atoms with Gasteiger partial charge in [0.25, 0.3) is 0 Å². The Balaban J connectivity index is 1.93. The van der Waals surface area contributed by atoms with Crippen LogP contribution >= 0.6 is 11.6 Å². The lowest BCUT2D eigenvalue weighted by atomic mass is 9.69. The van der Waals surface area contributed by atoms with Gasteiger partial charge in [-0.3, -0.25) is 4.79 Å². The van der Waals surface area contributed by atoms with Crippen LogP contribution in [0.4, 0.5) is 0 Å². The van der Waals surface area contributed by atoms with Gasteiger partial charge in [0.05, 0.1) is 5.41 Å². The molecular weight excluding hydrogens is 260 g/mol. The van der Waals surface area contributed by atoms with Gasteiger partial charge in [-0.25, -0.2) is 0 Å². The smallest absolute Gasteiger partial charge is 0.310 e. The van der Waals surface area contributed by atoms with Crippen LogP contribution in [0.3, 0.4) is 0 Å². The van der Waals surface area contributed by atoms with Crippen LogP contribution in [0.15, 0.2) is 18.2 Å². The number of aliphatic carboxylic acids is 1. The summed E-state index contributed by atoms with van der Waals surface area (Å²) >= 11 is 6.28. The number of hydrogen-bond acceptors (Lipinski definition) is 1. The first-order valence-electron chi connectivity index (χ1n) is 7.00. The van der Waals surface area contributed by atoms with E-state index in [2.05, 4.69) is 0 Å². The molecule has 0 amide bonds. The van der Waals surface area contributed by atoms with E-state index in [1.165, 1.54) is 6.42 Å². The Kier molecular flexibility index (Phi) is 3.09. The Morgan fingerprint density at radius 2 is 2.26 bits per heavy atom. The molecule has 3 atom stereocenters. The normalized spacial score (nSPS) is 32.7. The standard InChI is InChI=1S/C16H19ClO2/c1-10-2-4-12(14(17)6-10)9-16(15(18)19)8-11-3-5-13(16)7-11/h2,4,6,11,13H,3,5,7-9H2,1H3,(H,18,19). The molecule has 2 aliphatic carbocycles. The molecule has 3 rings (SSSR count). The lowest BCUT2D eigenvalue weighted by Gasteiger charge is -2.34. The molecule has 2 fully saturated rings. The van der Waals surface area contributed by atoms with Crippen molar-refractivity contribution < 1.29 is 9.90 Å². The van der Waals surface area contributed by atoms with E-state index in [-0.39, 0.29) is 0 Å². The topological polar surface area (TPSA) is 37.3 Å². The predicted octanol–water partition coefficient (Wildman–Crippen LogP) is 4.08. The van der Waals surface area contributed by atoms with Crippen LogP contribution in [0.5, 0.6) is 0 Å². The molecule has 102 valence electrons. The Morgan fingerprint density at radius 3 is 2.79 bits per heavy atom. The number of halogens is 1. The molecule has 0 heterocycles. The molecule has 2 bridgehead atoms. The summed E-state index contributed by atoms with van der Waals surface area (Å²) in [4.78, 5) is 11.9. The van der Waals surface area contributed by atoms with Crippen molar-refractivity contribution >= 4 is 17.6 Å². The summed E-state index contributed by atoms with van der Waals surface area (Å²) in [6.07, 6.45) is 4.79. The number of benzene rings is 1. The first kappa shape index (κ1) is 13.0. The second kappa shape index (κ2) is 4.52. The van der Waals surface area contributed by atoms with Gasteiger partial charge < -0.3 is 5.11 Å². The minimum absolute atomic E-state index is 0.340. The van der Waals surface area contributed by atoms with Crippen LogP contribution in [-0.4, -0.2) is 11.1 Å². The molecule has 2 saturated carbocycles. The predicted molar refractivity (Wildman–Crippen MR) is 75.4 cm³/mol. The van der Waals surface area contributed by atoms with Gasteiger partial charge in [0, 0.05) is 5.02 Å². The van der Waals surface area contributed by atoms with Gasteiger partial charge in [-0.2, -0.15) is 0 Å². The van der Waals surface area contributed by atoms with Gasteiger partial charge in [0.1, 0.15) is 0 Å². The lowest BCUT2D eigenvalue weighted by Crippen LogP contribution is -2.38. The van der Waals surface area contributed by atoms with Gasteiger partial charge in [0.15, 0.2) is 0 Å². The first-order chi connectivity index (χ1) is 9.01. The maximum Gasteiger partial charge on any atom is 0.310 e. The molecule has 1 aromatic rings. The fourth-order valence-electron chi connectivity index (χ4n) is 4.13. The fourth-order valence-corrected chi connectivity index (χ4v) is 4.44. The van der Waals surface area contributed by atoms with Crippen LogP contribution in [-0.2, 0) is 11.2 Å². The van der Waals surface area contributed by atoms with Crippen molar-refractivity contribution in [2.75, 3.05) is 0 Å². The third kappa shape index (κ3) is 2.06. The summed E-state index contributed by atoms with van der Waals surface area (Å²) < 4.78 is 0. The van der Waals surface area contributed by atoms with E-state index < -0.39 is 11.4 Å². The van der Waals surface area contributed by atoms with Gasteiger partial charge in [-0.05, 0) is 61.6 Å². The molecule has 3 heteroatoms. The summed E-state index contributed by atoms with van der Waals surface area (Å²) in [5, 5.41) is 10.5. The maximum atomic E-state index is 11.9. The van der Waals surface area contributed by atoms with E-state index in [0.717, 1.165) is 30.4 Å². The molecule has 0 aromatic heterocycles. The Morgan fingerprint density at radius 1 is 1.47 bits per heavy atom. The molecule has 2 nitrogen and oxygen atoms in total. The van der Waals surface area contributed by atoms with Gasteiger partial charge in [-0.15, -0.1) is 0 Å². The van der Waals surface area contributed by atoms with Crippen molar-refractivity contribution in [2.45, 2.75) is 39.0 Å². The minimum atomic E-state index is -0.628. The molecule has 19 heavy (non-hydrogen) atoms. The van der Waals surface area contributed by atoms with Crippen molar-refractivity contribution in [1.82, 2.24) is 0 Å². The molecule has 1 aromatic carbocycles. The van der Waals surface area contributed by atoms with E-state index in [9.17, 15) is 9.90 Å².